The lowest BCUT2D eigenvalue weighted by Crippen LogP contribution is -1.79. The van der Waals surface area contributed by atoms with Crippen LogP contribution in [0.1, 0.15) is 11.3 Å². The van der Waals surface area contributed by atoms with Crippen LogP contribution in [0.3, 0.4) is 0 Å². The highest BCUT2D eigenvalue weighted by molar-refractivity contribution is 6.18. The second-order valence-corrected chi connectivity index (χ2v) is 9.49. The van der Waals surface area contributed by atoms with Crippen LogP contribution in [0.25, 0.3) is 71.6 Å². The van der Waals surface area contributed by atoms with Gasteiger partial charge in [0.05, 0.1) is 0 Å². The Morgan fingerprint density at radius 3 is 2.05 bits per heavy atom. The largest absolute Gasteiger partial charge is 0.461 e. The van der Waals surface area contributed by atoms with Gasteiger partial charge in [-0.1, -0.05) is 85.5 Å². The summed E-state index contributed by atoms with van der Waals surface area (Å²) >= 11 is 0. The Labute approximate surface area is 219 Å². The zero-order chi connectivity index (χ0) is 25.6. The van der Waals surface area contributed by atoms with E-state index in [1.54, 1.807) is 6.08 Å². The first-order valence-electron chi connectivity index (χ1n) is 12.7. The van der Waals surface area contributed by atoms with E-state index in [0.29, 0.717) is 0 Å². The molecular weight excluding hydrogens is 466 g/mol. The number of aromatic nitrogens is 1. The number of fused-ring (bicyclic) bond motifs is 9. The Bertz CT molecular complexity index is 2120. The van der Waals surface area contributed by atoms with Crippen LogP contribution in [0.15, 0.2) is 125 Å². The molecule has 3 aromatic heterocycles. The van der Waals surface area contributed by atoms with Crippen molar-refractivity contribution in [2.75, 3.05) is 0 Å². The van der Waals surface area contributed by atoms with E-state index in [0.717, 1.165) is 33.6 Å². The molecule has 182 valence electrons. The van der Waals surface area contributed by atoms with Crippen molar-refractivity contribution in [3.05, 3.63) is 127 Å². The van der Waals surface area contributed by atoms with Crippen molar-refractivity contribution in [1.82, 2.24) is 4.98 Å². The maximum atomic E-state index is 5.99. The van der Waals surface area contributed by atoms with Gasteiger partial charge in [-0.05, 0) is 54.1 Å². The Kier molecular flexibility index (Phi) is 5.15. The summed E-state index contributed by atoms with van der Waals surface area (Å²) in [6.45, 7) is 5.79. The smallest absolute Gasteiger partial charge is 0.135 e. The normalized spacial score (nSPS) is 11.8. The summed E-state index contributed by atoms with van der Waals surface area (Å²) < 4.78 is 11.6. The van der Waals surface area contributed by atoms with Crippen molar-refractivity contribution < 1.29 is 8.83 Å². The number of hydrogen-bond acceptors (Lipinski definition) is 2. The van der Waals surface area contributed by atoms with Gasteiger partial charge in [-0.3, -0.25) is 0 Å². The van der Waals surface area contributed by atoms with E-state index >= 15 is 0 Å². The van der Waals surface area contributed by atoms with Crippen LogP contribution in [0.5, 0.6) is 0 Å². The molecule has 3 heteroatoms. The van der Waals surface area contributed by atoms with Gasteiger partial charge in [-0.25, -0.2) is 0 Å². The third-order valence-electron chi connectivity index (χ3n) is 7.20. The second-order valence-electron chi connectivity index (χ2n) is 9.49. The number of allylic oxidation sites excluding steroid dienone is 2. The van der Waals surface area contributed by atoms with E-state index in [4.69, 9.17) is 8.83 Å². The fourth-order valence-corrected chi connectivity index (χ4v) is 5.45. The number of para-hydroxylation sites is 3. The number of H-pyrrole nitrogens is 1. The van der Waals surface area contributed by atoms with E-state index in [1.807, 2.05) is 49.4 Å². The van der Waals surface area contributed by atoms with Crippen LogP contribution >= 0.6 is 0 Å². The molecule has 8 aromatic rings. The van der Waals surface area contributed by atoms with Gasteiger partial charge >= 0.3 is 0 Å². The molecule has 0 spiro atoms. The molecule has 0 atom stereocenters. The summed E-state index contributed by atoms with van der Waals surface area (Å²) in [5.41, 5.74) is 6.30. The van der Waals surface area contributed by atoms with Crippen molar-refractivity contribution in [3.63, 3.8) is 0 Å². The molecule has 3 nitrogen and oxygen atoms in total. The molecule has 5 aromatic carbocycles. The molecule has 0 saturated heterocycles. The maximum Gasteiger partial charge on any atom is 0.135 e. The van der Waals surface area contributed by atoms with Crippen LogP contribution in [0, 0.1) is 6.92 Å². The first kappa shape index (κ1) is 22.2. The monoisotopic (exact) mass is 491 g/mol. The number of furan rings is 2. The predicted octanol–water partition coefficient (Wildman–Crippen LogP) is 10.3. The number of hydrogen-bond donors (Lipinski definition) is 1. The summed E-state index contributed by atoms with van der Waals surface area (Å²) in [6, 6.07) is 33.3. The topological polar surface area (TPSA) is 42.1 Å². The zero-order valence-corrected chi connectivity index (χ0v) is 21.0. The van der Waals surface area contributed by atoms with Crippen molar-refractivity contribution in [2.24, 2.45) is 0 Å². The third-order valence-corrected chi connectivity index (χ3v) is 7.20. The second kappa shape index (κ2) is 8.82. The lowest BCUT2D eigenvalue weighted by atomic mass is 10.00. The standard InChI is InChI=1S/C23H17NO.C12H8O/c1-3-4-7-16-14(2)25-22-11-10-15-12-21-19(13-18(15)23(16)22)17-8-5-6-9-20(17)24-21;1-3-7-11-9(5-1)10-6-2-4-8-12(10)13-11/h3-13,24H,1H2,2H3;1-8H/b7-4-;. The average Bonchev–Trinajstić information content (AvgIpc) is 3.61. The molecule has 0 radical (unpaired) electrons. The minimum Gasteiger partial charge on any atom is -0.461 e. The fourth-order valence-electron chi connectivity index (χ4n) is 5.45. The predicted molar refractivity (Wildman–Crippen MR) is 161 cm³/mol. The molecule has 0 amide bonds. The van der Waals surface area contributed by atoms with E-state index in [9.17, 15) is 0 Å². The minimum absolute atomic E-state index is 0.924. The maximum absolute atomic E-state index is 5.99. The number of aryl methyl sites for hydroxylation is 1. The number of benzene rings is 5. The van der Waals surface area contributed by atoms with Crippen LogP contribution in [0.2, 0.25) is 0 Å². The molecule has 0 saturated carbocycles. The lowest BCUT2D eigenvalue weighted by Gasteiger charge is -2.02. The lowest BCUT2D eigenvalue weighted by molar-refractivity contribution is 0.577. The Hall–Kier alpha value is -5.02. The number of aromatic amines is 1. The van der Waals surface area contributed by atoms with Gasteiger partial charge in [0, 0.05) is 43.5 Å². The van der Waals surface area contributed by atoms with E-state index in [2.05, 4.69) is 78.3 Å². The van der Waals surface area contributed by atoms with Crippen molar-refractivity contribution in [1.29, 1.82) is 0 Å². The molecule has 0 aliphatic carbocycles. The first-order chi connectivity index (χ1) is 18.7. The van der Waals surface area contributed by atoms with E-state index in [1.165, 1.54) is 43.2 Å². The zero-order valence-electron chi connectivity index (χ0n) is 21.0. The highest BCUT2D eigenvalue weighted by Gasteiger charge is 2.14. The Morgan fingerprint density at radius 1 is 0.632 bits per heavy atom. The number of rotatable bonds is 2. The molecular formula is C35H25NO2. The average molecular weight is 492 g/mol. The van der Waals surface area contributed by atoms with E-state index < -0.39 is 0 Å². The Morgan fingerprint density at radius 2 is 1.32 bits per heavy atom. The molecule has 8 rings (SSSR count). The van der Waals surface area contributed by atoms with Crippen LogP contribution in [-0.2, 0) is 0 Å². The highest BCUT2D eigenvalue weighted by atomic mass is 16.3. The fraction of sp³-hybridized carbons (Fsp3) is 0.0286. The highest BCUT2D eigenvalue weighted by Crippen LogP contribution is 2.37. The van der Waals surface area contributed by atoms with Gasteiger partial charge in [-0.15, -0.1) is 0 Å². The van der Waals surface area contributed by atoms with Gasteiger partial charge in [0.25, 0.3) is 0 Å². The van der Waals surface area contributed by atoms with Crippen molar-refractivity contribution >= 4 is 71.6 Å². The SMILES string of the molecule is C=C/C=C\c1c(C)oc2ccc3cc4[nH]c5ccccc5c4cc3c12.c1ccc2c(c1)oc1ccccc12. The van der Waals surface area contributed by atoms with Crippen LogP contribution in [-0.4, -0.2) is 4.98 Å². The minimum atomic E-state index is 0.924. The Balaban J connectivity index is 0.000000156. The van der Waals surface area contributed by atoms with Gasteiger partial charge < -0.3 is 13.8 Å². The van der Waals surface area contributed by atoms with Crippen molar-refractivity contribution in [2.45, 2.75) is 6.92 Å². The molecule has 1 N–H and O–H groups in total. The third kappa shape index (κ3) is 3.52. The quantitative estimate of drug-likeness (QED) is 0.244. The van der Waals surface area contributed by atoms with Crippen LogP contribution < -0.4 is 0 Å². The molecule has 3 heterocycles. The van der Waals surface area contributed by atoms with E-state index in [-0.39, 0.29) is 0 Å². The molecule has 0 fully saturated rings. The van der Waals surface area contributed by atoms with Gasteiger partial charge in [0.1, 0.15) is 22.5 Å². The summed E-state index contributed by atoms with van der Waals surface area (Å²) in [6.07, 6.45) is 5.83. The summed E-state index contributed by atoms with van der Waals surface area (Å²) in [5.74, 6) is 0.930. The van der Waals surface area contributed by atoms with Crippen LogP contribution in [0.4, 0.5) is 0 Å². The van der Waals surface area contributed by atoms with Gasteiger partial charge in [-0.2, -0.15) is 0 Å². The molecule has 0 aliphatic rings. The van der Waals surface area contributed by atoms with Crippen molar-refractivity contribution in [3.8, 4) is 0 Å². The molecule has 38 heavy (non-hydrogen) atoms. The summed E-state index contributed by atoms with van der Waals surface area (Å²) in [4.78, 5) is 3.52. The van der Waals surface area contributed by atoms with Gasteiger partial charge in [0.2, 0.25) is 0 Å². The molecule has 0 aliphatic heterocycles. The summed E-state index contributed by atoms with van der Waals surface area (Å²) in [5, 5.41) is 8.47. The first-order valence-corrected chi connectivity index (χ1v) is 12.7. The number of nitrogens with one attached hydrogen (secondary N) is 1. The van der Waals surface area contributed by atoms with Gasteiger partial charge in [0.15, 0.2) is 0 Å². The molecule has 0 unspecified atom stereocenters. The molecule has 0 bridgehead atoms. The summed E-state index contributed by atoms with van der Waals surface area (Å²) in [7, 11) is 0.